The van der Waals surface area contributed by atoms with Crippen LogP contribution in [0, 0.1) is 0 Å². The van der Waals surface area contributed by atoms with Crippen molar-refractivity contribution in [2.45, 2.75) is 57.5 Å². The van der Waals surface area contributed by atoms with Gasteiger partial charge >= 0.3 is 0 Å². The minimum atomic E-state index is 0.194. The maximum absolute atomic E-state index is 5.06. The van der Waals surface area contributed by atoms with Crippen LogP contribution >= 0.6 is 0 Å². The zero-order valence-electron chi connectivity index (χ0n) is 9.52. The Morgan fingerprint density at radius 2 is 1.88 bits per heavy atom. The lowest BCUT2D eigenvalue weighted by Crippen LogP contribution is -2.05. The average molecular weight is 225 g/mol. The number of hydrogen-bond acceptors (Lipinski definition) is 5. The number of nitrogens with zero attached hydrogens (tertiary/aromatic N) is 2. The lowest BCUT2D eigenvalue weighted by atomic mass is 9.91. The summed E-state index contributed by atoms with van der Waals surface area (Å²) in [5, 5.41) is 4.01. The quantitative estimate of drug-likeness (QED) is 0.799. The molecule has 0 aliphatic heterocycles. The molecule has 5 nitrogen and oxygen atoms in total. The van der Waals surface area contributed by atoms with Gasteiger partial charge in [-0.15, -0.1) is 0 Å². The molecule has 0 saturated heterocycles. The Balaban J connectivity index is 1.97. The summed E-state index contributed by atoms with van der Waals surface area (Å²) in [6.45, 7) is 0.194. The summed E-state index contributed by atoms with van der Waals surface area (Å²) in [4.78, 5) is 8.79. The van der Waals surface area contributed by atoms with Crippen LogP contribution in [0.3, 0.4) is 0 Å². The second kappa shape index (κ2) is 5.96. The highest BCUT2D eigenvalue weighted by atomic mass is 16.6. The first-order chi connectivity index (χ1) is 7.90. The van der Waals surface area contributed by atoms with Gasteiger partial charge in [0.05, 0.1) is 0 Å². The monoisotopic (exact) mass is 225 g/mol. The van der Waals surface area contributed by atoms with Gasteiger partial charge in [-0.3, -0.25) is 4.84 Å². The Bertz CT molecular complexity index is 306. The van der Waals surface area contributed by atoms with Gasteiger partial charge in [0, 0.05) is 5.92 Å². The SMILES string of the molecule is NOCc1nc(C2CCCCCCC2)no1. The summed E-state index contributed by atoms with van der Waals surface area (Å²) in [6, 6.07) is 0. The predicted molar refractivity (Wildman–Crippen MR) is 58.3 cm³/mol. The molecule has 1 aliphatic carbocycles. The van der Waals surface area contributed by atoms with E-state index in [0.717, 1.165) is 5.82 Å². The molecule has 90 valence electrons. The third-order valence-corrected chi connectivity index (χ3v) is 3.16. The maximum Gasteiger partial charge on any atom is 0.254 e. The first-order valence-corrected chi connectivity index (χ1v) is 6.04. The van der Waals surface area contributed by atoms with Gasteiger partial charge in [-0.25, -0.2) is 5.90 Å². The van der Waals surface area contributed by atoms with Gasteiger partial charge in [-0.1, -0.05) is 37.3 Å². The van der Waals surface area contributed by atoms with E-state index in [9.17, 15) is 0 Å². The van der Waals surface area contributed by atoms with Crippen molar-refractivity contribution in [3.8, 4) is 0 Å². The molecular weight excluding hydrogens is 206 g/mol. The fourth-order valence-corrected chi connectivity index (χ4v) is 2.28. The lowest BCUT2D eigenvalue weighted by molar-refractivity contribution is 0.0995. The van der Waals surface area contributed by atoms with Crippen LogP contribution < -0.4 is 5.90 Å². The van der Waals surface area contributed by atoms with Gasteiger partial charge in [0.2, 0.25) is 0 Å². The van der Waals surface area contributed by atoms with E-state index in [4.69, 9.17) is 10.4 Å². The molecule has 5 heteroatoms. The van der Waals surface area contributed by atoms with Crippen LogP contribution in [0.15, 0.2) is 4.52 Å². The van der Waals surface area contributed by atoms with Crippen LogP contribution in [-0.4, -0.2) is 10.1 Å². The molecule has 0 radical (unpaired) electrons. The van der Waals surface area contributed by atoms with Crippen LogP contribution in [-0.2, 0) is 11.4 Å². The number of hydrogen-bond donors (Lipinski definition) is 1. The summed E-state index contributed by atoms with van der Waals surface area (Å²) in [5.41, 5.74) is 0. The van der Waals surface area contributed by atoms with Crippen molar-refractivity contribution in [3.63, 3.8) is 0 Å². The molecule has 0 unspecified atom stereocenters. The molecule has 2 rings (SSSR count). The van der Waals surface area contributed by atoms with Crippen LogP contribution in [0.4, 0.5) is 0 Å². The highest BCUT2D eigenvalue weighted by molar-refractivity contribution is 4.95. The Morgan fingerprint density at radius 3 is 2.56 bits per heavy atom. The summed E-state index contributed by atoms with van der Waals surface area (Å²) >= 11 is 0. The second-order valence-electron chi connectivity index (χ2n) is 4.40. The van der Waals surface area contributed by atoms with E-state index in [1.54, 1.807) is 0 Å². The molecule has 1 fully saturated rings. The molecule has 16 heavy (non-hydrogen) atoms. The zero-order chi connectivity index (χ0) is 11.2. The minimum Gasteiger partial charge on any atom is -0.337 e. The van der Waals surface area contributed by atoms with Crippen molar-refractivity contribution in [2.24, 2.45) is 5.90 Å². The van der Waals surface area contributed by atoms with E-state index < -0.39 is 0 Å². The molecule has 1 saturated carbocycles. The standard InChI is InChI=1S/C11H19N3O2/c12-15-8-10-13-11(14-16-10)9-6-4-2-1-3-5-7-9/h9H,1-8,12H2. The number of aromatic nitrogens is 2. The Hall–Kier alpha value is -0.940. The fourth-order valence-electron chi connectivity index (χ4n) is 2.28. The third-order valence-electron chi connectivity index (χ3n) is 3.16. The Morgan fingerprint density at radius 1 is 1.19 bits per heavy atom. The van der Waals surface area contributed by atoms with Crippen LogP contribution in [0.25, 0.3) is 0 Å². The van der Waals surface area contributed by atoms with Gasteiger partial charge in [-0.2, -0.15) is 4.98 Å². The molecule has 0 atom stereocenters. The number of nitrogens with two attached hydrogens (primary N) is 1. The molecule has 0 amide bonds. The molecule has 0 spiro atoms. The summed E-state index contributed by atoms with van der Waals surface area (Å²) in [5.74, 6) is 6.72. The first-order valence-electron chi connectivity index (χ1n) is 6.04. The second-order valence-corrected chi connectivity index (χ2v) is 4.40. The van der Waals surface area contributed by atoms with Crippen molar-refractivity contribution in [2.75, 3.05) is 0 Å². The van der Waals surface area contributed by atoms with Crippen molar-refractivity contribution in [1.29, 1.82) is 0 Å². The van der Waals surface area contributed by atoms with E-state index >= 15 is 0 Å². The molecular formula is C11H19N3O2. The average Bonchev–Trinajstić information content (AvgIpc) is 2.66. The van der Waals surface area contributed by atoms with Crippen molar-refractivity contribution in [3.05, 3.63) is 11.7 Å². The van der Waals surface area contributed by atoms with Gasteiger partial charge in [0.25, 0.3) is 5.89 Å². The van der Waals surface area contributed by atoms with Crippen LogP contribution in [0.2, 0.25) is 0 Å². The summed E-state index contributed by atoms with van der Waals surface area (Å²) in [6.07, 6.45) is 8.89. The summed E-state index contributed by atoms with van der Waals surface area (Å²) < 4.78 is 5.06. The smallest absolute Gasteiger partial charge is 0.254 e. The van der Waals surface area contributed by atoms with Gasteiger partial charge in [0.1, 0.15) is 6.61 Å². The van der Waals surface area contributed by atoms with E-state index in [1.807, 2.05) is 0 Å². The molecule has 0 bridgehead atoms. The predicted octanol–water partition coefficient (Wildman–Crippen LogP) is 2.29. The van der Waals surface area contributed by atoms with Crippen molar-refractivity contribution >= 4 is 0 Å². The Kier molecular flexibility index (Phi) is 4.30. The van der Waals surface area contributed by atoms with Crippen LogP contribution in [0.5, 0.6) is 0 Å². The Labute approximate surface area is 95.3 Å². The van der Waals surface area contributed by atoms with Crippen LogP contribution in [0.1, 0.15) is 62.6 Å². The minimum absolute atomic E-state index is 0.194. The third kappa shape index (κ3) is 3.02. The van der Waals surface area contributed by atoms with Crippen molar-refractivity contribution in [1.82, 2.24) is 10.1 Å². The molecule has 2 N–H and O–H groups in total. The largest absolute Gasteiger partial charge is 0.337 e. The van der Waals surface area contributed by atoms with Gasteiger partial charge in [0.15, 0.2) is 5.82 Å². The van der Waals surface area contributed by atoms with Crippen molar-refractivity contribution < 1.29 is 9.36 Å². The summed E-state index contributed by atoms with van der Waals surface area (Å²) in [7, 11) is 0. The van der Waals surface area contributed by atoms with E-state index in [-0.39, 0.29) is 6.61 Å². The molecule has 1 aliphatic rings. The first kappa shape index (κ1) is 11.5. The normalized spacial score (nSPS) is 19.3. The van der Waals surface area contributed by atoms with E-state index in [1.165, 1.54) is 44.9 Å². The molecule has 1 aromatic rings. The van der Waals surface area contributed by atoms with Gasteiger partial charge < -0.3 is 4.52 Å². The van der Waals surface area contributed by atoms with E-state index in [2.05, 4.69) is 15.0 Å². The zero-order valence-corrected chi connectivity index (χ0v) is 9.52. The van der Waals surface area contributed by atoms with E-state index in [0.29, 0.717) is 11.8 Å². The number of rotatable bonds is 3. The van der Waals surface area contributed by atoms with Gasteiger partial charge in [-0.05, 0) is 12.8 Å². The highest BCUT2D eigenvalue weighted by Gasteiger charge is 2.19. The maximum atomic E-state index is 5.06. The lowest BCUT2D eigenvalue weighted by Gasteiger charge is -2.15. The molecule has 1 aromatic heterocycles. The fraction of sp³-hybridized carbons (Fsp3) is 0.818. The topological polar surface area (TPSA) is 74.2 Å². The molecule has 1 heterocycles. The highest BCUT2D eigenvalue weighted by Crippen LogP contribution is 2.29. The molecule has 0 aromatic carbocycles.